The van der Waals surface area contributed by atoms with Gasteiger partial charge in [0.1, 0.15) is 0 Å². The fourth-order valence-electron chi connectivity index (χ4n) is 1.71. The van der Waals surface area contributed by atoms with Crippen LogP contribution in [-0.4, -0.2) is 15.5 Å². The predicted octanol–water partition coefficient (Wildman–Crippen LogP) is 3.34. The van der Waals surface area contributed by atoms with Gasteiger partial charge in [-0.25, -0.2) is 13.1 Å². The first-order valence-electron chi connectivity index (χ1n) is 5.93. The molecule has 20 heavy (non-hydrogen) atoms. The summed E-state index contributed by atoms with van der Waals surface area (Å²) in [5, 5.41) is 5.33. The Hall–Kier alpha value is -0.890. The summed E-state index contributed by atoms with van der Waals surface area (Å²) in [6, 6.07) is 7.10. The number of thiophene rings is 1. The molecule has 0 aliphatic heterocycles. The highest BCUT2D eigenvalue weighted by atomic mass is 79.9. The summed E-state index contributed by atoms with van der Waals surface area (Å²) in [6.07, 6.45) is 0. The van der Waals surface area contributed by atoms with Gasteiger partial charge in [-0.3, -0.25) is 0 Å². The molecule has 1 heterocycles. The van der Waals surface area contributed by atoms with Crippen molar-refractivity contribution < 1.29 is 8.42 Å². The molecule has 0 fully saturated rings. The van der Waals surface area contributed by atoms with E-state index in [-0.39, 0.29) is 4.90 Å². The molecule has 1 aromatic carbocycles. The van der Waals surface area contributed by atoms with E-state index in [0.29, 0.717) is 6.54 Å². The monoisotopic (exact) mass is 374 g/mol. The molecule has 2 aromatic rings. The van der Waals surface area contributed by atoms with E-state index in [4.69, 9.17) is 0 Å². The Morgan fingerprint density at radius 3 is 2.65 bits per heavy atom. The lowest BCUT2D eigenvalue weighted by atomic mass is 10.2. The molecule has 0 bridgehead atoms. The molecule has 0 saturated carbocycles. The quantitative estimate of drug-likeness (QED) is 0.843. The Balaban J connectivity index is 2.21. The number of nitrogens with one attached hydrogen (secondary N) is 2. The third kappa shape index (κ3) is 3.60. The van der Waals surface area contributed by atoms with Gasteiger partial charge in [-0.1, -0.05) is 6.07 Å². The zero-order chi connectivity index (χ0) is 14.8. The summed E-state index contributed by atoms with van der Waals surface area (Å²) < 4.78 is 27.0. The van der Waals surface area contributed by atoms with Crippen LogP contribution in [0.4, 0.5) is 5.69 Å². The van der Waals surface area contributed by atoms with E-state index >= 15 is 0 Å². The average Bonchev–Trinajstić information content (AvgIpc) is 2.83. The van der Waals surface area contributed by atoms with Gasteiger partial charge < -0.3 is 5.32 Å². The fraction of sp³-hybridized carbons (Fsp3) is 0.231. The van der Waals surface area contributed by atoms with Gasteiger partial charge in [0.05, 0.1) is 8.68 Å². The molecular formula is C13H15BrN2O2S2. The molecule has 0 atom stereocenters. The van der Waals surface area contributed by atoms with E-state index in [2.05, 4.69) is 31.3 Å². The van der Waals surface area contributed by atoms with Crippen molar-refractivity contribution in [2.75, 3.05) is 12.4 Å². The minimum absolute atomic E-state index is 0.264. The summed E-state index contributed by atoms with van der Waals surface area (Å²) in [5.41, 5.74) is 2.99. The van der Waals surface area contributed by atoms with E-state index in [1.54, 1.807) is 29.5 Å². The highest BCUT2D eigenvalue weighted by molar-refractivity contribution is 9.11. The molecule has 0 radical (unpaired) electrons. The Kier molecular flexibility index (Phi) is 4.85. The van der Waals surface area contributed by atoms with Gasteiger partial charge in [0.2, 0.25) is 10.0 Å². The Labute approximate surface area is 131 Å². The van der Waals surface area contributed by atoms with Gasteiger partial charge in [-0.2, -0.15) is 0 Å². The summed E-state index contributed by atoms with van der Waals surface area (Å²) in [5.74, 6) is 0. The Morgan fingerprint density at radius 2 is 2.05 bits per heavy atom. The SMILES string of the molecule is CNS(=O)(=O)c1ccc(C)c(NCc2csc(Br)c2)c1. The normalized spacial score (nSPS) is 11.6. The summed E-state index contributed by atoms with van der Waals surface area (Å²) in [4.78, 5) is 0.264. The summed E-state index contributed by atoms with van der Waals surface area (Å²) >= 11 is 5.05. The number of aryl methyl sites for hydroxylation is 1. The molecule has 2 N–H and O–H groups in total. The number of halogens is 1. The number of hydrogen-bond donors (Lipinski definition) is 2. The molecule has 2 rings (SSSR count). The summed E-state index contributed by atoms with van der Waals surface area (Å²) in [7, 11) is -2.00. The second kappa shape index (κ2) is 6.26. The van der Waals surface area contributed by atoms with Crippen molar-refractivity contribution in [3.05, 3.63) is 44.6 Å². The second-order valence-electron chi connectivity index (χ2n) is 4.30. The Bertz CT molecular complexity index is 711. The average molecular weight is 375 g/mol. The first kappa shape index (κ1) is 15.5. The van der Waals surface area contributed by atoms with Gasteiger partial charge >= 0.3 is 0 Å². The van der Waals surface area contributed by atoms with Crippen molar-refractivity contribution in [2.45, 2.75) is 18.4 Å². The minimum atomic E-state index is -3.41. The van der Waals surface area contributed by atoms with E-state index < -0.39 is 10.0 Å². The molecular weight excluding hydrogens is 360 g/mol. The maximum atomic E-state index is 11.8. The first-order chi connectivity index (χ1) is 9.42. The van der Waals surface area contributed by atoms with Gasteiger partial charge in [0.25, 0.3) is 0 Å². The number of anilines is 1. The minimum Gasteiger partial charge on any atom is -0.381 e. The lowest BCUT2D eigenvalue weighted by Crippen LogP contribution is -2.18. The van der Waals surface area contributed by atoms with Crippen LogP contribution in [0.2, 0.25) is 0 Å². The molecule has 0 unspecified atom stereocenters. The van der Waals surface area contributed by atoms with Gasteiger partial charge in [-0.15, -0.1) is 11.3 Å². The van der Waals surface area contributed by atoms with E-state index in [9.17, 15) is 8.42 Å². The van der Waals surface area contributed by atoms with Gasteiger partial charge in [0.15, 0.2) is 0 Å². The summed E-state index contributed by atoms with van der Waals surface area (Å²) in [6.45, 7) is 2.60. The molecule has 108 valence electrons. The van der Waals surface area contributed by atoms with Crippen LogP contribution in [0.5, 0.6) is 0 Å². The highest BCUT2D eigenvalue weighted by Crippen LogP contribution is 2.24. The van der Waals surface area contributed by atoms with Crippen LogP contribution in [0.1, 0.15) is 11.1 Å². The van der Waals surface area contributed by atoms with Gasteiger partial charge in [-0.05, 0) is 64.6 Å². The third-order valence-corrected chi connectivity index (χ3v) is 5.86. The van der Waals surface area contributed by atoms with E-state index in [0.717, 1.165) is 20.6 Å². The molecule has 1 aromatic heterocycles. The maximum absolute atomic E-state index is 11.8. The van der Waals surface area contributed by atoms with Crippen molar-refractivity contribution in [3.8, 4) is 0 Å². The maximum Gasteiger partial charge on any atom is 0.240 e. The van der Waals surface area contributed by atoms with Crippen molar-refractivity contribution in [1.29, 1.82) is 0 Å². The highest BCUT2D eigenvalue weighted by Gasteiger charge is 2.12. The van der Waals surface area contributed by atoms with E-state index in [1.807, 2.05) is 13.0 Å². The van der Waals surface area contributed by atoms with Crippen LogP contribution < -0.4 is 10.0 Å². The van der Waals surface area contributed by atoms with Crippen LogP contribution in [0.3, 0.4) is 0 Å². The smallest absolute Gasteiger partial charge is 0.240 e. The zero-order valence-corrected chi connectivity index (χ0v) is 14.3. The van der Waals surface area contributed by atoms with E-state index in [1.165, 1.54) is 7.05 Å². The van der Waals surface area contributed by atoms with Crippen molar-refractivity contribution in [1.82, 2.24) is 4.72 Å². The zero-order valence-electron chi connectivity index (χ0n) is 11.1. The number of rotatable bonds is 5. The standard InChI is InChI=1S/C13H15BrN2O2S2/c1-9-3-4-11(20(17,18)15-2)6-12(9)16-7-10-5-13(14)19-8-10/h3-6,8,15-16H,7H2,1-2H3. The molecule has 4 nitrogen and oxygen atoms in total. The van der Waals surface area contributed by atoms with Crippen molar-refractivity contribution >= 4 is 43.0 Å². The molecule has 0 aliphatic rings. The van der Waals surface area contributed by atoms with Crippen LogP contribution >= 0.6 is 27.3 Å². The fourth-order valence-corrected chi connectivity index (χ4v) is 3.68. The predicted molar refractivity (Wildman–Crippen MR) is 86.8 cm³/mol. The lowest BCUT2D eigenvalue weighted by Gasteiger charge is -2.11. The Morgan fingerprint density at radius 1 is 1.30 bits per heavy atom. The molecule has 0 aliphatic carbocycles. The third-order valence-electron chi connectivity index (χ3n) is 2.89. The van der Waals surface area contributed by atoms with Crippen LogP contribution in [0.15, 0.2) is 38.3 Å². The lowest BCUT2D eigenvalue weighted by molar-refractivity contribution is 0.588. The number of sulfonamides is 1. The van der Waals surface area contributed by atoms with Gasteiger partial charge in [0, 0.05) is 12.2 Å². The first-order valence-corrected chi connectivity index (χ1v) is 9.09. The topological polar surface area (TPSA) is 58.2 Å². The van der Waals surface area contributed by atoms with Crippen LogP contribution in [0.25, 0.3) is 0 Å². The number of benzene rings is 1. The molecule has 0 spiro atoms. The van der Waals surface area contributed by atoms with Crippen LogP contribution in [0, 0.1) is 6.92 Å². The molecule has 0 saturated heterocycles. The number of hydrogen-bond acceptors (Lipinski definition) is 4. The largest absolute Gasteiger partial charge is 0.381 e. The molecule has 0 amide bonds. The van der Waals surface area contributed by atoms with Crippen molar-refractivity contribution in [3.63, 3.8) is 0 Å². The second-order valence-corrected chi connectivity index (χ2v) is 8.47. The molecule has 7 heteroatoms. The van der Waals surface area contributed by atoms with Crippen LogP contribution in [-0.2, 0) is 16.6 Å². The van der Waals surface area contributed by atoms with Crippen molar-refractivity contribution in [2.24, 2.45) is 0 Å².